The molecule has 0 aliphatic heterocycles. The third-order valence-corrected chi connectivity index (χ3v) is 3.03. The second-order valence-electron chi connectivity index (χ2n) is 3.65. The van der Waals surface area contributed by atoms with Gasteiger partial charge in [0.25, 0.3) is 0 Å². The van der Waals surface area contributed by atoms with E-state index in [9.17, 15) is 4.79 Å². The molecule has 0 unspecified atom stereocenters. The van der Waals surface area contributed by atoms with Gasteiger partial charge in [-0.05, 0) is 36.6 Å². The van der Waals surface area contributed by atoms with Crippen LogP contribution in [-0.2, 0) is 5.54 Å². The molecule has 1 fully saturated rings. The lowest BCUT2D eigenvalue weighted by Gasteiger charge is -2.12. The normalized spacial score (nSPS) is 17.9. The summed E-state index contributed by atoms with van der Waals surface area (Å²) < 4.78 is 0.870. The van der Waals surface area contributed by atoms with Gasteiger partial charge in [-0.15, -0.1) is 0 Å². The molecule has 1 saturated carbocycles. The van der Waals surface area contributed by atoms with Crippen LogP contribution in [0.4, 0.5) is 0 Å². The van der Waals surface area contributed by atoms with Gasteiger partial charge in [-0.2, -0.15) is 0 Å². The van der Waals surface area contributed by atoms with Crippen molar-refractivity contribution in [1.82, 2.24) is 0 Å². The van der Waals surface area contributed by atoms with Crippen molar-refractivity contribution in [2.45, 2.75) is 18.4 Å². The third kappa shape index (κ3) is 1.55. The van der Waals surface area contributed by atoms with Gasteiger partial charge in [-0.25, -0.2) is 4.79 Å². The number of benzene rings is 1. The highest BCUT2D eigenvalue weighted by Crippen LogP contribution is 2.44. The molecule has 14 heavy (non-hydrogen) atoms. The maximum atomic E-state index is 10.9. The molecule has 74 valence electrons. The molecule has 0 amide bonds. The molecule has 1 aromatic rings. The number of halogens is 1. The first-order chi connectivity index (χ1) is 6.53. The van der Waals surface area contributed by atoms with E-state index in [1.807, 2.05) is 0 Å². The molecule has 0 spiro atoms. The van der Waals surface area contributed by atoms with Crippen LogP contribution in [0, 0.1) is 0 Å². The minimum absolute atomic E-state index is 0.313. The molecule has 0 saturated heterocycles. The van der Waals surface area contributed by atoms with E-state index in [-0.39, 0.29) is 0 Å². The maximum absolute atomic E-state index is 10.9. The minimum Gasteiger partial charge on any atom is -0.478 e. The van der Waals surface area contributed by atoms with Crippen LogP contribution in [0.25, 0.3) is 0 Å². The standard InChI is InChI=1S/C10H10BrNO2/c11-6-1-2-7(9(13)14)8(5-6)10(12)3-4-10/h1-2,5H,3-4,12H2,(H,13,14). The van der Waals surface area contributed by atoms with Gasteiger partial charge < -0.3 is 10.8 Å². The molecular weight excluding hydrogens is 246 g/mol. The van der Waals surface area contributed by atoms with E-state index in [0.717, 1.165) is 22.9 Å². The van der Waals surface area contributed by atoms with Crippen LogP contribution in [0.5, 0.6) is 0 Å². The average molecular weight is 256 g/mol. The van der Waals surface area contributed by atoms with E-state index < -0.39 is 11.5 Å². The average Bonchev–Trinajstić information content (AvgIpc) is 2.84. The van der Waals surface area contributed by atoms with Crippen LogP contribution in [0.15, 0.2) is 22.7 Å². The van der Waals surface area contributed by atoms with Gasteiger partial charge in [0.2, 0.25) is 0 Å². The molecule has 3 nitrogen and oxygen atoms in total. The smallest absolute Gasteiger partial charge is 0.336 e. The van der Waals surface area contributed by atoms with Gasteiger partial charge in [0.15, 0.2) is 0 Å². The SMILES string of the molecule is NC1(c2cc(Br)ccc2C(=O)O)CC1. The van der Waals surface area contributed by atoms with Gasteiger partial charge in [-0.3, -0.25) is 0 Å². The monoisotopic (exact) mass is 255 g/mol. The number of aromatic carboxylic acids is 1. The lowest BCUT2D eigenvalue weighted by atomic mass is 9.99. The van der Waals surface area contributed by atoms with E-state index >= 15 is 0 Å². The highest BCUT2D eigenvalue weighted by atomic mass is 79.9. The van der Waals surface area contributed by atoms with Crippen molar-refractivity contribution < 1.29 is 9.90 Å². The first-order valence-electron chi connectivity index (χ1n) is 4.35. The fourth-order valence-corrected chi connectivity index (χ4v) is 1.88. The number of carboxylic acid groups (broad SMARTS) is 1. The summed E-state index contributed by atoms with van der Waals surface area (Å²) in [5, 5.41) is 8.98. The van der Waals surface area contributed by atoms with Crippen LogP contribution in [0.3, 0.4) is 0 Å². The van der Waals surface area contributed by atoms with Gasteiger partial charge in [-0.1, -0.05) is 15.9 Å². The van der Waals surface area contributed by atoms with Gasteiger partial charge in [0.1, 0.15) is 0 Å². The second-order valence-corrected chi connectivity index (χ2v) is 4.57. The molecule has 2 rings (SSSR count). The van der Waals surface area contributed by atoms with Crippen molar-refractivity contribution in [3.63, 3.8) is 0 Å². The summed E-state index contributed by atoms with van der Waals surface area (Å²) in [5.74, 6) is -0.913. The zero-order valence-corrected chi connectivity index (χ0v) is 9.04. The van der Waals surface area contributed by atoms with Crippen LogP contribution < -0.4 is 5.73 Å². The molecule has 0 aromatic heterocycles. The van der Waals surface area contributed by atoms with E-state index in [0.29, 0.717) is 5.56 Å². The Balaban J connectivity index is 2.54. The predicted octanol–water partition coefficient (Wildman–Crippen LogP) is 2.10. The molecule has 0 heterocycles. The molecule has 0 atom stereocenters. The first kappa shape index (κ1) is 9.68. The molecular formula is C10H10BrNO2. The predicted molar refractivity (Wildman–Crippen MR) is 56.2 cm³/mol. The van der Waals surface area contributed by atoms with Crippen LogP contribution in [-0.4, -0.2) is 11.1 Å². The Morgan fingerprint density at radius 3 is 2.64 bits per heavy atom. The Morgan fingerprint density at radius 1 is 1.50 bits per heavy atom. The lowest BCUT2D eigenvalue weighted by molar-refractivity contribution is 0.0695. The van der Waals surface area contributed by atoms with Crippen LogP contribution >= 0.6 is 15.9 Å². The van der Waals surface area contributed by atoms with Gasteiger partial charge in [0, 0.05) is 10.0 Å². The summed E-state index contributed by atoms with van der Waals surface area (Å²) in [7, 11) is 0. The van der Waals surface area contributed by atoms with Crippen molar-refractivity contribution >= 4 is 21.9 Å². The Labute approximate surface area is 90.0 Å². The van der Waals surface area contributed by atoms with Crippen molar-refractivity contribution in [2.24, 2.45) is 5.73 Å². The number of hydrogen-bond donors (Lipinski definition) is 2. The molecule has 0 bridgehead atoms. The summed E-state index contributed by atoms with van der Waals surface area (Å²) in [6.07, 6.45) is 1.73. The molecule has 1 aliphatic rings. The Kier molecular flexibility index (Phi) is 2.12. The summed E-state index contributed by atoms with van der Waals surface area (Å²) in [5.41, 5.74) is 6.63. The van der Waals surface area contributed by atoms with Crippen molar-refractivity contribution in [3.8, 4) is 0 Å². The van der Waals surface area contributed by atoms with Gasteiger partial charge >= 0.3 is 5.97 Å². The number of nitrogens with two attached hydrogens (primary N) is 1. The first-order valence-corrected chi connectivity index (χ1v) is 5.14. The van der Waals surface area contributed by atoms with Crippen LogP contribution in [0.1, 0.15) is 28.8 Å². The summed E-state index contributed by atoms with van der Waals surface area (Å²) in [6, 6.07) is 5.11. The molecule has 0 radical (unpaired) electrons. The highest BCUT2D eigenvalue weighted by molar-refractivity contribution is 9.10. The zero-order chi connectivity index (χ0) is 10.3. The second kappa shape index (κ2) is 3.07. The number of hydrogen-bond acceptors (Lipinski definition) is 2. The number of rotatable bonds is 2. The Morgan fingerprint density at radius 2 is 2.14 bits per heavy atom. The summed E-state index contributed by atoms with van der Waals surface area (Å²) in [4.78, 5) is 10.9. The minimum atomic E-state index is -0.913. The third-order valence-electron chi connectivity index (χ3n) is 2.54. The van der Waals surface area contributed by atoms with Crippen molar-refractivity contribution in [1.29, 1.82) is 0 Å². The fourth-order valence-electron chi connectivity index (χ4n) is 1.52. The van der Waals surface area contributed by atoms with E-state index in [2.05, 4.69) is 15.9 Å². The van der Waals surface area contributed by atoms with Crippen molar-refractivity contribution in [3.05, 3.63) is 33.8 Å². The largest absolute Gasteiger partial charge is 0.478 e. The fraction of sp³-hybridized carbons (Fsp3) is 0.300. The molecule has 4 heteroatoms. The van der Waals surface area contributed by atoms with E-state index in [4.69, 9.17) is 10.8 Å². The number of carboxylic acids is 1. The Hall–Kier alpha value is -0.870. The number of carbonyl (C=O) groups is 1. The van der Waals surface area contributed by atoms with Crippen LogP contribution in [0.2, 0.25) is 0 Å². The van der Waals surface area contributed by atoms with E-state index in [1.165, 1.54) is 0 Å². The lowest BCUT2D eigenvalue weighted by Crippen LogP contribution is -2.22. The quantitative estimate of drug-likeness (QED) is 0.851. The summed E-state index contributed by atoms with van der Waals surface area (Å²) >= 11 is 3.32. The van der Waals surface area contributed by atoms with E-state index in [1.54, 1.807) is 18.2 Å². The van der Waals surface area contributed by atoms with Crippen molar-refractivity contribution in [2.75, 3.05) is 0 Å². The topological polar surface area (TPSA) is 63.3 Å². The Bertz CT molecular complexity index is 399. The maximum Gasteiger partial charge on any atom is 0.336 e. The zero-order valence-electron chi connectivity index (χ0n) is 7.46. The van der Waals surface area contributed by atoms with Gasteiger partial charge in [0.05, 0.1) is 5.56 Å². The summed E-state index contributed by atoms with van der Waals surface area (Å²) in [6.45, 7) is 0. The molecule has 1 aromatic carbocycles. The highest BCUT2D eigenvalue weighted by Gasteiger charge is 2.42. The molecule has 3 N–H and O–H groups in total. The molecule has 1 aliphatic carbocycles.